The van der Waals surface area contributed by atoms with Crippen molar-refractivity contribution in [1.29, 1.82) is 0 Å². The monoisotopic (exact) mass is 360 g/mol. The summed E-state index contributed by atoms with van der Waals surface area (Å²) in [6, 6.07) is 7.56. The summed E-state index contributed by atoms with van der Waals surface area (Å²) in [5.74, 6) is -0.642. The average molecular weight is 360 g/mol. The molecule has 2 aromatic rings. The Kier molecular flexibility index (Phi) is 6.66. The number of hydrogen-bond acceptors (Lipinski definition) is 5. The number of benzene rings is 1. The van der Waals surface area contributed by atoms with Gasteiger partial charge in [-0.05, 0) is 17.9 Å². The van der Waals surface area contributed by atoms with Gasteiger partial charge in [0.1, 0.15) is 0 Å². The molecule has 2 rings (SSSR count). The SMILES string of the molecule is CCc1ccc(-c2csc(NC(=O)CNC(=O)[C@@H](N)C(C)C)n2)cc1. The van der Waals surface area contributed by atoms with Crippen molar-refractivity contribution in [2.75, 3.05) is 11.9 Å². The van der Waals surface area contributed by atoms with Gasteiger partial charge in [-0.2, -0.15) is 0 Å². The summed E-state index contributed by atoms with van der Waals surface area (Å²) in [6.07, 6.45) is 0.991. The van der Waals surface area contributed by atoms with Crippen LogP contribution in [0.3, 0.4) is 0 Å². The zero-order chi connectivity index (χ0) is 18.4. The quantitative estimate of drug-likeness (QED) is 0.706. The van der Waals surface area contributed by atoms with Crippen molar-refractivity contribution in [2.24, 2.45) is 11.7 Å². The van der Waals surface area contributed by atoms with Crippen molar-refractivity contribution < 1.29 is 9.59 Å². The molecule has 0 fully saturated rings. The number of hydrogen-bond donors (Lipinski definition) is 3. The van der Waals surface area contributed by atoms with Gasteiger partial charge in [-0.15, -0.1) is 11.3 Å². The molecule has 1 aromatic heterocycles. The molecule has 0 bridgehead atoms. The van der Waals surface area contributed by atoms with Crippen LogP contribution in [0.15, 0.2) is 29.6 Å². The molecule has 0 aliphatic carbocycles. The molecule has 2 amide bonds. The minimum Gasteiger partial charge on any atom is -0.346 e. The highest BCUT2D eigenvalue weighted by Gasteiger charge is 2.18. The Balaban J connectivity index is 1.89. The van der Waals surface area contributed by atoms with Crippen molar-refractivity contribution in [2.45, 2.75) is 33.2 Å². The molecular formula is C18H24N4O2S. The van der Waals surface area contributed by atoms with Gasteiger partial charge in [-0.3, -0.25) is 9.59 Å². The molecule has 1 heterocycles. The van der Waals surface area contributed by atoms with Gasteiger partial charge in [0.2, 0.25) is 11.8 Å². The van der Waals surface area contributed by atoms with Crippen LogP contribution in [0.5, 0.6) is 0 Å². The lowest BCUT2D eigenvalue weighted by molar-refractivity contribution is -0.125. The van der Waals surface area contributed by atoms with Gasteiger partial charge >= 0.3 is 0 Å². The number of carbonyl (C=O) groups excluding carboxylic acids is 2. The maximum Gasteiger partial charge on any atom is 0.245 e. The molecule has 6 nitrogen and oxygen atoms in total. The lowest BCUT2D eigenvalue weighted by atomic mass is 10.1. The van der Waals surface area contributed by atoms with Gasteiger partial charge < -0.3 is 16.4 Å². The van der Waals surface area contributed by atoms with Gasteiger partial charge in [0.15, 0.2) is 5.13 Å². The van der Waals surface area contributed by atoms with Gasteiger partial charge in [-0.1, -0.05) is 45.0 Å². The van der Waals surface area contributed by atoms with E-state index in [9.17, 15) is 9.59 Å². The van der Waals surface area contributed by atoms with E-state index in [1.807, 2.05) is 31.4 Å². The summed E-state index contributed by atoms with van der Waals surface area (Å²) < 4.78 is 0. The molecule has 25 heavy (non-hydrogen) atoms. The standard InChI is InChI=1S/C18H24N4O2S/c1-4-12-5-7-13(8-6-12)14-10-25-18(21-14)22-15(23)9-20-17(24)16(19)11(2)3/h5-8,10-11,16H,4,9,19H2,1-3H3,(H,20,24)(H,21,22,23)/t16-/m0/s1. The van der Waals surface area contributed by atoms with Crippen molar-refractivity contribution >= 4 is 28.3 Å². The Morgan fingerprint density at radius 1 is 1.24 bits per heavy atom. The van der Waals surface area contributed by atoms with E-state index in [2.05, 4.69) is 34.7 Å². The first-order chi connectivity index (χ1) is 11.9. The highest BCUT2D eigenvalue weighted by atomic mass is 32.1. The predicted molar refractivity (Wildman–Crippen MR) is 101 cm³/mol. The molecule has 1 aromatic carbocycles. The first kappa shape index (κ1) is 19.1. The molecule has 7 heteroatoms. The van der Waals surface area contributed by atoms with E-state index in [4.69, 9.17) is 5.73 Å². The Labute approximate surface area is 151 Å². The van der Waals surface area contributed by atoms with Crippen LogP contribution in [0.4, 0.5) is 5.13 Å². The highest BCUT2D eigenvalue weighted by molar-refractivity contribution is 7.14. The lowest BCUT2D eigenvalue weighted by Gasteiger charge is -2.14. The molecule has 4 N–H and O–H groups in total. The third-order valence-corrected chi connectivity index (χ3v) is 4.61. The van der Waals surface area contributed by atoms with Crippen molar-refractivity contribution in [3.8, 4) is 11.3 Å². The van der Waals surface area contributed by atoms with Gasteiger partial charge in [0.25, 0.3) is 0 Å². The Morgan fingerprint density at radius 3 is 2.52 bits per heavy atom. The number of nitrogens with zero attached hydrogens (tertiary/aromatic N) is 1. The number of thiazole rings is 1. The third-order valence-electron chi connectivity index (χ3n) is 3.85. The number of nitrogens with two attached hydrogens (primary N) is 1. The van der Waals surface area contributed by atoms with Crippen molar-refractivity contribution in [3.63, 3.8) is 0 Å². The molecule has 0 radical (unpaired) electrons. The zero-order valence-corrected chi connectivity index (χ0v) is 15.5. The van der Waals surface area contributed by atoms with Gasteiger partial charge in [0, 0.05) is 10.9 Å². The van der Waals surface area contributed by atoms with Crippen LogP contribution >= 0.6 is 11.3 Å². The first-order valence-electron chi connectivity index (χ1n) is 8.28. The summed E-state index contributed by atoms with van der Waals surface area (Å²) in [4.78, 5) is 28.1. The Morgan fingerprint density at radius 2 is 1.92 bits per heavy atom. The fourth-order valence-electron chi connectivity index (χ4n) is 2.13. The molecule has 0 aliphatic rings. The molecule has 0 unspecified atom stereocenters. The number of nitrogens with one attached hydrogen (secondary N) is 2. The average Bonchev–Trinajstić information content (AvgIpc) is 3.07. The maximum absolute atomic E-state index is 11.9. The Hall–Kier alpha value is -2.25. The Bertz CT molecular complexity index is 725. The molecular weight excluding hydrogens is 336 g/mol. The van der Waals surface area contributed by atoms with Crippen LogP contribution in [-0.2, 0) is 16.0 Å². The van der Waals surface area contributed by atoms with Crippen LogP contribution in [0.25, 0.3) is 11.3 Å². The summed E-state index contributed by atoms with van der Waals surface area (Å²) in [7, 11) is 0. The summed E-state index contributed by atoms with van der Waals surface area (Å²) >= 11 is 1.35. The van der Waals surface area contributed by atoms with Crippen LogP contribution in [0.1, 0.15) is 26.3 Å². The number of rotatable bonds is 7. The number of carbonyl (C=O) groups is 2. The van der Waals surface area contributed by atoms with Crippen molar-refractivity contribution in [3.05, 3.63) is 35.2 Å². The van der Waals surface area contributed by atoms with Crippen LogP contribution < -0.4 is 16.4 Å². The number of anilines is 1. The highest BCUT2D eigenvalue weighted by Crippen LogP contribution is 2.25. The lowest BCUT2D eigenvalue weighted by Crippen LogP contribution is -2.46. The smallest absolute Gasteiger partial charge is 0.245 e. The molecule has 134 valence electrons. The van der Waals surface area contributed by atoms with E-state index < -0.39 is 6.04 Å². The summed E-state index contributed by atoms with van der Waals surface area (Å²) in [5, 5.41) is 7.62. The molecule has 0 saturated carbocycles. The molecule has 1 atom stereocenters. The van der Waals surface area contributed by atoms with E-state index in [-0.39, 0.29) is 24.3 Å². The number of aromatic nitrogens is 1. The third kappa shape index (κ3) is 5.37. The van der Waals surface area contributed by atoms with Crippen LogP contribution in [-0.4, -0.2) is 29.4 Å². The second-order valence-corrected chi connectivity index (χ2v) is 6.98. The zero-order valence-electron chi connectivity index (χ0n) is 14.7. The van der Waals surface area contributed by atoms with E-state index in [1.54, 1.807) is 0 Å². The first-order valence-corrected chi connectivity index (χ1v) is 9.16. The fraction of sp³-hybridized carbons (Fsp3) is 0.389. The minimum absolute atomic E-state index is 0.0173. The fourth-order valence-corrected chi connectivity index (χ4v) is 2.86. The van der Waals surface area contributed by atoms with E-state index in [0.29, 0.717) is 5.13 Å². The van der Waals surface area contributed by atoms with Gasteiger partial charge in [-0.25, -0.2) is 4.98 Å². The minimum atomic E-state index is -0.620. The largest absolute Gasteiger partial charge is 0.346 e. The molecule has 0 spiro atoms. The topological polar surface area (TPSA) is 97.1 Å². The summed E-state index contributed by atoms with van der Waals surface area (Å²) in [5.41, 5.74) is 8.82. The summed E-state index contributed by atoms with van der Waals surface area (Å²) in [6.45, 7) is 5.70. The van der Waals surface area contributed by atoms with Crippen LogP contribution in [0.2, 0.25) is 0 Å². The molecule has 0 saturated heterocycles. The van der Waals surface area contributed by atoms with E-state index in [1.165, 1.54) is 16.9 Å². The number of aryl methyl sites for hydroxylation is 1. The van der Waals surface area contributed by atoms with E-state index in [0.717, 1.165) is 17.7 Å². The number of amides is 2. The van der Waals surface area contributed by atoms with Gasteiger partial charge in [0.05, 0.1) is 18.3 Å². The maximum atomic E-state index is 11.9. The normalized spacial score (nSPS) is 12.0. The van der Waals surface area contributed by atoms with Crippen molar-refractivity contribution in [1.82, 2.24) is 10.3 Å². The van der Waals surface area contributed by atoms with E-state index >= 15 is 0 Å². The van der Waals surface area contributed by atoms with Crippen LogP contribution in [0, 0.1) is 5.92 Å². The molecule has 0 aliphatic heterocycles. The second kappa shape index (κ2) is 8.73. The predicted octanol–water partition coefficient (Wildman–Crippen LogP) is 2.41. The second-order valence-electron chi connectivity index (χ2n) is 6.12.